The third kappa shape index (κ3) is 2.42. The third-order valence-corrected chi connectivity index (χ3v) is 4.38. The van der Waals surface area contributed by atoms with Crippen molar-refractivity contribution >= 4 is 11.5 Å². The normalized spacial score (nSPS) is 11.5. The highest BCUT2D eigenvalue weighted by atomic mass is 16.5. The Morgan fingerprint density at radius 2 is 1.54 bits per heavy atom. The van der Waals surface area contributed by atoms with E-state index in [0.717, 1.165) is 23.1 Å². The van der Waals surface area contributed by atoms with Gasteiger partial charge < -0.3 is 4.74 Å². The SMILES string of the molecule is C=C(C(=O)Oc1cccc2c1Cc1ccccc1-2)c1ccccc1. The van der Waals surface area contributed by atoms with Gasteiger partial charge in [-0.25, -0.2) is 4.79 Å². The molecule has 3 aromatic carbocycles. The first-order valence-electron chi connectivity index (χ1n) is 7.91. The van der Waals surface area contributed by atoms with Crippen LogP contribution in [0, 0.1) is 0 Å². The molecule has 4 rings (SSSR count). The molecule has 0 aromatic heterocycles. The van der Waals surface area contributed by atoms with E-state index >= 15 is 0 Å². The molecule has 0 unspecified atom stereocenters. The molecule has 3 aromatic rings. The van der Waals surface area contributed by atoms with E-state index in [4.69, 9.17) is 4.74 Å². The summed E-state index contributed by atoms with van der Waals surface area (Å²) in [4.78, 5) is 12.5. The van der Waals surface area contributed by atoms with Crippen LogP contribution in [0.5, 0.6) is 5.75 Å². The van der Waals surface area contributed by atoms with Crippen LogP contribution >= 0.6 is 0 Å². The standard InChI is InChI=1S/C22H16O2/c1-15(16-8-3-2-4-9-16)22(23)24-21-13-7-12-19-18-11-6-5-10-17(18)14-20(19)21/h2-13H,1,14H2. The summed E-state index contributed by atoms with van der Waals surface area (Å²) < 4.78 is 5.67. The highest BCUT2D eigenvalue weighted by molar-refractivity contribution is 6.16. The summed E-state index contributed by atoms with van der Waals surface area (Å²) in [6.45, 7) is 3.88. The third-order valence-electron chi connectivity index (χ3n) is 4.38. The van der Waals surface area contributed by atoms with Gasteiger partial charge in [0.15, 0.2) is 0 Å². The lowest BCUT2D eigenvalue weighted by Gasteiger charge is -2.10. The molecule has 0 saturated carbocycles. The number of carbonyl (C=O) groups excluding carboxylic acids is 1. The zero-order valence-corrected chi connectivity index (χ0v) is 13.2. The van der Waals surface area contributed by atoms with Crippen LogP contribution in [0.4, 0.5) is 0 Å². The fourth-order valence-electron chi connectivity index (χ4n) is 3.14. The van der Waals surface area contributed by atoms with E-state index in [1.54, 1.807) is 0 Å². The lowest BCUT2D eigenvalue weighted by molar-refractivity contribution is -0.127. The van der Waals surface area contributed by atoms with E-state index in [9.17, 15) is 4.79 Å². The van der Waals surface area contributed by atoms with Gasteiger partial charge in [-0.2, -0.15) is 0 Å². The van der Waals surface area contributed by atoms with Crippen LogP contribution in [0.3, 0.4) is 0 Å². The van der Waals surface area contributed by atoms with Crippen LogP contribution in [0.2, 0.25) is 0 Å². The summed E-state index contributed by atoms with van der Waals surface area (Å²) in [5, 5.41) is 0. The number of fused-ring (bicyclic) bond motifs is 3. The number of esters is 1. The summed E-state index contributed by atoms with van der Waals surface area (Å²) in [6.07, 6.45) is 0.784. The Balaban J connectivity index is 1.63. The Morgan fingerprint density at radius 1 is 0.833 bits per heavy atom. The first-order valence-corrected chi connectivity index (χ1v) is 7.91. The van der Waals surface area contributed by atoms with Crippen LogP contribution in [-0.2, 0) is 11.2 Å². The average molecular weight is 312 g/mol. The quantitative estimate of drug-likeness (QED) is 0.306. The maximum absolute atomic E-state index is 12.5. The molecule has 0 fully saturated rings. The minimum absolute atomic E-state index is 0.365. The smallest absolute Gasteiger partial charge is 0.343 e. The Bertz CT molecular complexity index is 939. The Labute approximate surface area is 141 Å². The van der Waals surface area contributed by atoms with Crippen molar-refractivity contribution < 1.29 is 9.53 Å². The van der Waals surface area contributed by atoms with E-state index in [1.807, 2.05) is 54.6 Å². The largest absolute Gasteiger partial charge is 0.423 e. The molecule has 1 aliphatic carbocycles. The molecule has 2 heteroatoms. The lowest BCUT2D eigenvalue weighted by Crippen LogP contribution is -2.10. The number of benzene rings is 3. The summed E-state index contributed by atoms with van der Waals surface area (Å²) in [6, 6.07) is 23.5. The maximum atomic E-state index is 12.5. The van der Waals surface area contributed by atoms with Crippen LogP contribution < -0.4 is 4.74 Å². The van der Waals surface area contributed by atoms with Crippen molar-refractivity contribution in [2.24, 2.45) is 0 Å². The number of carbonyl (C=O) groups is 1. The van der Waals surface area contributed by atoms with Gasteiger partial charge in [0.05, 0.1) is 5.57 Å². The molecular weight excluding hydrogens is 296 g/mol. The van der Waals surface area contributed by atoms with Gasteiger partial charge >= 0.3 is 5.97 Å². The number of hydrogen-bond donors (Lipinski definition) is 0. The maximum Gasteiger partial charge on any atom is 0.343 e. The minimum Gasteiger partial charge on any atom is -0.423 e. The van der Waals surface area contributed by atoms with Gasteiger partial charge in [0.2, 0.25) is 0 Å². The van der Waals surface area contributed by atoms with Gasteiger partial charge in [-0.15, -0.1) is 0 Å². The van der Waals surface area contributed by atoms with Crippen LogP contribution in [0.1, 0.15) is 16.7 Å². The summed E-state index contributed by atoms with van der Waals surface area (Å²) in [7, 11) is 0. The van der Waals surface area contributed by atoms with E-state index in [-0.39, 0.29) is 0 Å². The zero-order valence-electron chi connectivity index (χ0n) is 13.2. The summed E-state index contributed by atoms with van der Waals surface area (Å²) >= 11 is 0. The molecule has 24 heavy (non-hydrogen) atoms. The topological polar surface area (TPSA) is 26.3 Å². The van der Waals surface area contributed by atoms with Crippen LogP contribution in [0.25, 0.3) is 16.7 Å². The van der Waals surface area contributed by atoms with Crippen molar-refractivity contribution in [2.75, 3.05) is 0 Å². The van der Waals surface area contributed by atoms with Crippen LogP contribution in [-0.4, -0.2) is 5.97 Å². The van der Waals surface area contributed by atoms with Gasteiger partial charge in [0.25, 0.3) is 0 Å². The van der Waals surface area contributed by atoms with Crippen molar-refractivity contribution in [1.82, 2.24) is 0 Å². The molecular formula is C22H16O2. The summed E-state index contributed by atoms with van der Waals surface area (Å²) in [5.74, 6) is 0.205. The molecule has 2 nitrogen and oxygen atoms in total. The molecule has 0 radical (unpaired) electrons. The second-order valence-corrected chi connectivity index (χ2v) is 5.85. The molecule has 0 amide bonds. The Hall–Kier alpha value is -3.13. The highest BCUT2D eigenvalue weighted by Crippen LogP contribution is 2.41. The molecule has 0 spiro atoms. The van der Waals surface area contributed by atoms with E-state index in [2.05, 4.69) is 24.8 Å². The first kappa shape index (κ1) is 14.5. The van der Waals surface area contributed by atoms with Crippen molar-refractivity contribution in [2.45, 2.75) is 6.42 Å². The molecule has 1 aliphatic rings. The molecule has 0 heterocycles. The predicted molar refractivity (Wildman–Crippen MR) is 95.8 cm³/mol. The molecule has 0 bridgehead atoms. The van der Waals surface area contributed by atoms with Gasteiger partial charge in [0, 0.05) is 12.0 Å². The number of rotatable bonds is 3. The summed E-state index contributed by atoms with van der Waals surface area (Å²) in [5.41, 5.74) is 5.82. The highest BCUT2D eigenvalue weighted by Gasteiger charge is 2.23. The van der Waals surface area contributed by atoms with Gasteiger partial charge in [-0.05, 0) is 28.3 Å². The average Bonchev–Trinajstić information content (AvgIpc) is 3.02. The lowest BCUT2D eigenvalue weighted by atomic mass is 10.1. The van der Waals surface area contributed by atoms with Crippen molar-refractivity contribution in [1.29, 1.82) is 0 Å². The molecule has 0 aliphatic heterocycles. The van der Waals surface area contributed by atoms with Crippen molar-refractivity contribution in [3.05, 3.63) is 96.1 Å². The molecule has 0 atom stereocenters. The fourth-order valence-corrected chi connectivity index (χ4v) is 3.14. The number of hydrogen-bond acceptors (Lipinski definition) is 2. The second-order valence-electron chi connectivity index (χ2n) is 5.85. The van der Waals surface area contributed by atoms with Gasteiger partial charge in [0.1, 0.15) is 5.75 Å². The Kier molecular flexibility index (Phi) is 3.51. The van der Waals surface area contributed by atoms with E-state index in [1.165, 1.54) is 11.1 Å². The Morgan fingerprint density at radius 3 is 2.38 bits per heavy atom. The zero-order chi connectivity index (χ0) is 16.5. The first-order chi connectivity index (χ1) is 11.7. The van der Waals surface area contributed by atoms with Crippen LogP contribution in [0.15, 0.2) is 79.4 Å². The van der Waals surface area contributed by atoms with Crippen molar-refractivity contribution in [3.8, 4) is 16.9 Å². The van der Waals surface area contributed by atoms with Gasteiger partial charge in [-0.3, -0.25) is 0 Å². The monoisotopic (exact) mass is 312 g/mol. The molecule has 0 N–H and O–H groups in total. The molecule has 0 saturated heterocycles. The van der Waals surface area contributed by atoms with E-state index in [0.29, 0.717) is 11.3 Å². The van der Waals surface area contributed by atoms with Gasteiger partial charge in [-0.1, -0.05) is 73.3 Å². The fraction of sp³-hybridized carbons (Fsp3) is 0.0455. The molecule has 116 valence electrons. The van der Waals surface area contributed by atoms with Crippen molar-refractivity contribution in [3.63, 3.8) is 0 Å². The number of ether oxygens (including phenoxy) is 1. The minimum atomic E-state index is -0.412. The predicted octanol–water partition coefficient (Wildman–Crippen LogP) is 4.88. The second kappa shape index (κ2) is 5.82. The van der Waals surface area contributed by atoms with E-state index < -0.39 is 5.97 Å².